The molecule has 1 fully saturated rings. The van der Waals surface area contributed by atoms with Gasteiger partial charge < -0.3 is 10.6 Å². The van der Waals surface area contributed by atoms with Crippen LogP contribution >= 0.6 is 11.8 Å². The summed E-state index contributed by atoms with van der Waals surface area (Å²) in [4.78, 5) is 12.2. The van der Waals surface area contributed by atoms with Crippen molar-refractivity contribution in [2.45, 2.75) is 23.9 Å². The van der Waals surface area contributed by atoms with Crippen LogP contribution in [-0.2, 0) is 21.4 Å². The minimum Gasteiger partial charge on any atom is -0.352 e. The van der Waals surface area contributed by atoms with Gasteiger partial charge in [0.05, 0.1) is 4.90 Å². The molecule has 8 heteroatoms. The van der Waals surface area contributed by atoms with Gasteiger partial charge in [0.1, 0.15) is 0 Å². The molecule has 1 heterocycles. The zero-order chi connectivity index (χ0) is 16.9. The number of sulfonamides is 1. The maximum absolute atomic E-state index is 12.0. The second-order valence-electron chi connectivity index (χ2n) is 5.64. The molecule has 2 rings (SSSR count). The Morgan fingerprint density at radius 1 is 1.35 bits per heavy atom. The minimum absolute atomic E-state index is 0.00925. The zero-order valence-corrected chi connectivity index (χ0v) is 15.0. The fourth-order valence-corrected chi connectivity index (χ4v) is 4.09. The Hall–Kier alpha value is -1.09. The normalized spacial score (nSPS) is 18.8. The molecule has 1 aliphatic rings. The standard InChI is InChI=1S/C15H23N3O3S2/c1-18(2)23(20,21)14-5-3-12(4-6-14)10-17-15(19)9-13-11-22-8-7-16-13/h3-6,13,16H,7-11H2,1-2H3,(H,17,19). The fraction of sp³-hybridized carbons (Fsp3) is 0.533. The summed E-state index contributed by atoms with van der Waals surface area (Å²) >= 11 is 1.86. The Morgan fingerprint density at radius 3 is 2.61 bits per heavy atom. The van der Waals surface area contributed by atoms with E-state index in [9.17, 15) is 13.2 Å². The fourth-order valence-electron chi connectivity index (χ4n) is 2.24. The number of carbonyl (C=O) groups excluding carboxylic acids is 1. The van der Waals surface area contributed by atoms with Gasteiger partial charge in [-0.05, 0) is 17.7 Å². The van der Waals surface area contributed by atoms with Crippen LogP contribution in [0.1, 0.15) is 12.0 Å². The summed E-state index contributed by atoms with van der Waals surface area (Å²) in [5.74, 6) is 2.07. The minimum atomic E-state index is -3.41. The number of thioether (sulfide) groups is 1. The third-order valence-corrected chi connectivity index (χ3v) is 6.58. The second-order valence-corrected chi connectivity index (χ2v) is 8.94. The lowest BCUT2D eigenvalue weighted by Crippen LogP contribution is -2.41. The van der Waals surface area contributed by atoms with Crippen molar-refractivity contribution in [3.05, 3.63) is 29.8 Å². The van der Waals surface area contributed by atoms with Crippen molar-refractivity contribution >= 4 is 27.7 Å². The highest BCUT2D eigenvalue weighted by Gasteiger charge is 2.18. The number of benzene rings is 1. The van der Waals surface area contributed by atoms with E-state index < -0.39 is 10.0 Å². The molecule has 1 unspecified atom stereocenters. The van der Waals surface area contributed by atoms with Crippen LogP contribution in [0.2, 0.25) is 0 Å². The van der Waals surface area contributed by atoms with Gasteiger partial charge in [-0.2, -0.15) is 11.8 Å². The van der Waals surface area contributed by atoms with E-state index in [1.165, 1.54) is 18.4 Å². The maximum Gasteiger partial charge on any atom is 0.242 e. The van der Waals surface area contributed by atoms with Crippen LogP contribution in [0.3, 0.4) is 0 Å². The van der Waals surface area contributed by atoms with E-state index >= 15 is 0 Å². The number of rotatable bonds is 6. The highest BCUT2D eigenvalue weighted by atomic mass is 32.2. The third-order valence-electron chi connectivity index (χ3n) is 3.62. The van der Waals surface area contributed by atoms with Gasteiger partial charge in [0, 0.05) is 51.2 Å². The van der Waals surface area contributed by atoms with E-state index in [-0.39, 0.29) is 16.8 Å². The lowest BCUT2D eigenvalue weighted by molar-refractivity contribution is -0.121. The molecule has 23 heavy (non-hydrogen) atoms. The molecular formula is C15H23N3O3S2. The summed E-state index contributed by atoms with van der Waals surface area (Å²) in [7, 11) is -0.407. The van der Waals surface area contributed by atoms with E-state index in [4.69, 9.17) is 0 Å². The van der Waals surface area contributed by atoms with Crippen LogP contribution in [0.4, 0.5) is 0 Å². The van der Waals surface area contributed by atoms with E-state index in [0.29, 0.717) is 13.0 Å². The van der Waals surface area contributed by atoms with Gasteiger partial charge in [-0.3, -0.25) is 4.79 Å². The molecule has 1 amide bonds. The first-order chi connectivity index (χ1) is 10.9. The van der Waals surface area contributed by atoms with Crippen LogP contribution in [0.25, 0.3) is 0 Å². The van der Waals surface area contributed by atoms with Crippen molar-refractivity contribution in [3.8, 4) is 0 Å². The van der Waals surface area contributed by atoms with Gasteiger partial charge >= 0.3 is 0 Å². The van der Waals surface area contributed by atoms with E-state index in [1.54, 1.807) is 24.3 Å². The van der Waals surface area contributed by atoms with Crippen molar-refractivity contribution in [2.24, 2.45) is 0 Å². The Labute approximate surface area is 142 Å². The summed E-state index contributed by atoms with van der Waals surface area (Å²) in [6.07, 6.45) is 0.472. The van der Waals surface area contributed by atoms with Crippen molar-refractivity contribution in [1.82, 2.24) is 14.9 Å². The molecule has 0 aliphatic carbocycles. The number of nitrogens with zero attached hydrogens (tertiary/aromatic N) is 1. The summed E-state index contributed by atoms with van der Waals surface area (Å²) in [5.41, 5.74) is 0.877. The molecule has 6 nitrogen and oxygen atoms in total. The predicted octanol–water partition coefficient (Wildman–Crippen LogP) is 0.648. The van der Waals surface area contributed by atoms with Crippen LogP contribution < -0.4 is 10.6 Å². The Balaban J connectivity index is 1.85. The highest BCUT2D eigenvalue weighted by molar-refractivity contribution is 7.99. The van der Waals surface area contributed by atoms with E-state index in [2.05, 4.69) is 10.6 Å². The van der Waals surface area contributed by atoms with Gasteiger partial charge in [0.2, 0.25) is 15.9 Å². The average molecular weight is 358 g/mol. The number of carbonyl (C=O) groups is 1. The first-order valence-electron chi connectivity index (χ1n) is 7.49. The molecule has 1 aliphatic heterocycles. The average Bonchev–Trinajstić information content (AvgIpc) is 2.54. The second kappa shape index (κ2) is 8.14. The first-order valence-corrected chi connectivity index (χ1v) is 10.1. The van der Waals surface area contributed by atoms with Crippen LogP contribution in [-0.4, -0.2) is 56.8 Å². The lowest BCUT2D eigenvalue weighted by Gasteiger charge is -2.22. The van der Waals surface area contributed by atoms with E-state index in [1.807, 2.05) is 11.8 Å². The molecule has 1 aromatic carbocycles. The molecule has 1 aromatic rings. The van der Waals surface area contributed by atoms with Gasteiger partial charge in [-0.1, -0.05) is 12.1 Å². The Morgan fingerprint density at radius 2 is 2.04 bits per heavy atom. The van der Waals surface area contributed by atoms with E-state index in [0.717, 1.165) is 23.6 Å². The van der Waals surface area contributed by atoms with Crippen LogP contribution in [0.5, 0.6) is 0 Å². The molecule has 0 aromatic heterocycles. The Kier molecular flexibility index (Phi) is 6.46. The predicted molar refractivity (Wildman–Crippen MR) is 92.9 cm³/mol. The largest absolute Gasteiger partial charge is 0.352 e. The van der Waals surface area contributed by atoms with Gasteiger partial charge in [-0.25, -0.2) is 12.7 Å². The lowest BCUT2D eigenvalue weighted by atomic mass is 10.2. The molecule has 1 atom stereocenters. The van der Waals surface area contributed by atoms with Gasteiger partial charge in [-0.15, -0.1) is 0 Å². The topological polar surface area (TPSA) is 78.5 Å². The monoisotopic (exact) mass is 357 g/mol. The number of hydrogen-bond donors (Lipinski definition) is 2. The molecule has 0 spiro atoms. The molecule has 128 valence electrons. The zero-order valence-electron chi connectivity index (χ0n) is 13.4. The van der Waals surface area contributed by atoms with Crippen molar-refractivity contribution in [1.29, 1.82) is 0 Å². The number of hydrogen-bond acceptors (Lipinski definition) is 5. The number of amides is 1. The van der Waals surface area contributed by atoms with Crippen molar-refractivity contribution in [3.63, 3.8) is 0 Å². The first kappa shape index (κ1) is 18.3. The molecule has 1 saturated heterocycles. The third kappa shape index (κ3) is 5.20. The molecule has 0 saturated carbocycles. The maximum atomic E-state index is 12.0. The number of nitrogens with one attached hydrogen (secondary N) is 2. The van der Waals surface area contributed by atoms with Gasteiger partial charge in [0.25, 0.3) is 0 Å². The smallest absolute Gasteiger partial charge is 0.242 e. The molecule has 2 N–H and O–H groups in total. The summed E-state index contributed by atoms with van der Waals surface area (Å²) in [6, 6.07) is 6.82. The Bertz CT molecular complexity index is 624. The summed E-state index contributed by atoms with van der Waals surface area (Å²) in [5, 5.41) is 6.21. The highest BCUT2D eigenvalue weighted by Crippen LogP contribution is 2.14. The SMILES string of the molecule is CN(C)S(=O)(=O)c1ccc(CNC(=O)CC2CSCCN2)cc1. The summed E-state index contributed by atoms with van der Waals surface area (Å²) < 4.78 is 25.1. The van der Waals surface area contributed by atoms with Crippen LogP contribution in [0.15, 0.2) is 29.2 Å². The van der Waals surface area contributed by atoms with Crippen molar-refractivity contribution < 1.29 is 13.2 Å². The molecule has 0 radical (unpaired) electrons. The van der Waals surface area contributed by atoms with Gasteiger partial charge in [0.15, 0.2) is 0 Å². The summed E-state index contributed by atoms with van der Waals surface area (Å²) in [6.45, 7) is 1.35. The van der Waals surface area contributed by atoms with Crippen LogP contribution in [0, 0.1) is 0 Å². The quantitative estimate of drug-likeness (QED) is 0.782. The van der Waals surface area contributed by atoms with Crippen molar-refractivity contribution in [2.75, 3.05) is 32.1 Å². The molecule has 0 bridgehead atoms. The molecular weight excluding hydrogens is 334 g/mol.